The van der Waals surface area contributed by atoms with E-state index in [1.807, 2.05) is 19.1 Å². The van der Waals surface area contributed by atoms with E-state index in [2.05, 4.69) is 0 Å². The van der Waals surface area contributed by atoms with Crippen LogP contribution in [-0.2, 0) is 14.3 Å². The highest BCUT2D eigenvalue weighted by Gasteiger charge is 2.74. The highest BCUT2D eigenvalue weighted by atomic mass is 16.5. The first-order valence-corrected chi connectivity index (χ1v) is 11.3. The van der Waals surface area contributed by atoms with Gasteiger partial charge in [0.05, 0.1) is 30.7 Å². The standard InChI is InChI=1S/C28H21NO6/c1-15-10-12-16(13-11-15)23-21-22(27(33)29(26(21)32)17-6-5-7-18(14-17)34-2)28(35-23)24(30)19-8-3-4-9-20(19)25(28)31/h3-14,21-23H,1-2H3/t21-,22-,23-/m0/s1. The molecule has 1 aliphatic carbocycles. The molecule has 7 nitrogen and oxygen atoms in total. The van der Waals surface area contributed by atoms with E-state index >= 15 is 0 Å². The molecule has 0 radical (unpaired) electrons. The Morgan fingerprint density at radius 2 is 1.49 bits per heavy atom. The first kappa shape index (κ1) is 21.4. The number of carbonyl (C=O) groups is 4. The summed E-state index contributed by atoms with van der Waals surface area (Å²) in [7, 11) is 1.49. The zero-order valence-corrected chi connectivity index (χ0v) is 19.1. The number of anilines is 1. The molecule has 7 heteroatoms. The number of fused-ring (bicyclic) bond motifs is 3. The summed E-state index contributed by atoms with van der Waals surface area (Å²) >= 11 is 0. The predicted octanol–water partition coefficient (Wildman–Crippen LogP) is 3.70. The number of imide groups is 1. The predicted molar refractivity (Wildman–Crippen MR) is 125 cm³/mol. The van der Waals surface area contributed by atoms with E-state index in [-0.39, 0.29) is 11.1 Å². The molecule has 2 heterocycles. The van der Waals surface area contributed by atoms with E-state index in [0.29, 0.717) is 17.0 Å². The average molecular weight is 467 g/mol. The number of benzene rings is 3. The van der Waals surface area contributed by atoms with Crippen LogP contribution in [0.4, 0.5) is 5.69 Å². The van der Waals surface area contributed by atoms with Crippen molar-refractivity contribution in [3.05, 3.63) is 95.1 Å². The summed E-state index contributed by atoms with van der Waals surface area (Å²) in [6.45, 7) is 1.93. The van der Waals surface area contributed by atoms with Crippen LogP contribution in [0.3, 0.4) is 0 Å². The highest BCUT2D eigenvalue weighted by molar-refractivity contribution is 6.37. The van der Waals surface area contributed by atoms with Crippen LogP contribution in [-0.4, -0.2) is 36.1 Å². The number of carbonyl (C=O) groups excluding carboxylic acids is 4. The Morgan fingerprint density at radius 1 is 0.829 bits per heavy atom. The third kappa shape index (κ3) is 2.76. The summed E-state index contributed by atoms with van der Waals surface area (Å²) in [6, 6.07) is 20.4. The van der Waals surface area contributed by atoms with Gasteiger partial charge in [0.25, 0.3) is 0 Å². The third-order valence-electron chi connectivity index (χ3n) is 7.24. The lowest BCUT2D eigenvalue weighted by Gasteiger charge is -2.27. The zero-order valence-electron chi connectivity index (χ0n) is 19.1. The second kappa shape index (κ2) is 7.45. The lowest BCUT2D eigenvalue weighted by Crippen LogP contribution is -2.51. The summed E-state index contributed by atoms with van der Waals surface area (Å²) in [4.78, 5) is 56.3. The summed E-state index contributed by atoms with van der Waals surface area (Å²) in [5, 5.41) is 0. The van der Waals surface area contributed by atoms with E-state index in [4.69, 9.17) is 9.47 Å². The summed E-state index contributed by atoms with van der Waals surface area (Å²) < 4.78 is 11.6. The molecule has 2 saturated heterocycles. The maximum absolute atomic E-state index is 13.9. The second-order valence-electron chi connectivity index (χ2n) is 9.11. The monoisotopic (exact) mass is 467 g/mol. The van der Waals surface area contributed by atoms with Gasteiger partial charge in [-0.2, -0.15) is 0 Å². The fraction of sp³-hybridized carbons (Fsp3) is 0.214. The minimum absolute atomic E-state index is 0.209. The van der Waals surface area contributed by atoms with Gasteiger partial charge < -0.3 is 9.47 Å². The smallest absolute Gasteiger partial charge is 0.241 e. The van der Waals surface area contributed by atoms with Gasteiger partial charge in [0.2, 0.25) is 29.0 Å². The molecule has 0 saturated carbocycles. The summed E-state index contributed by atoms with van der Waals surface area (Å²) in [5.41, 5.74) is 0.297. The number of ether oxygens (including phenoxy) is 2. The van der Waals surface area contributed by atoms with Crippen molar-refractivity contribution in [2.75, 3.05) is 12.0 Å². The molecule has 2 amide bonds. The van der Waals surface area contributed by atoms with Gasteiger partial charge in [0.15, 0.2) is 0 Å². The van der Waals surface area contributed by atoms with Gasteiger partial charge in [-0.25, -0.2) is 4.90 Å². The number of ketones is 2. The van der Waals surface area contributed by atoms with Crippen molar-refractivity contribution in [2.24, 2.45) is 11.8 Å². The molecule has 3 aliphatic rings. The maximum atomic E-state index is 13.9. The van der Waals surface area contributed by atoms with Gasteiger partial charge in [-0.1, -0.05) is 60.2 Å². The molecule has 2 fully saturated rings. The van der Waals surface area contributed by atoms with Crippen LogP contribution in [0.15, 0.2) is 72.8 Å². The van der Waals surface area contributed by atoms with Crippen LogP contribution in [0.2, 0.25) is 0 Å². The Kier molecular flexibility index (Phi) is 4.56. The van der Waals surface area contributed by atoms with Crippen LogP contribution >= 0.6 is 0 Å². The fourth-order valence-electron chi connectivity index (χ4n) is 5.58. The van der Waals surface area contributed by atoms with Gasteiger partial charge in [-0.05, 0) is 24.6 Å². The van der Waals surface area contributed by atoms with Crippen LogP contribution in [0.25, 0.3) is 0 Å². The highest BCUT2D eigenvalue weighted by Crippen LogP contribution is 2.57. The molecule has 174 valence electrons. The molecule has 0 bridgehead atoms. The van der Waals surface area contributed by atoms with Gasteiger partial charge in [-0.3, -0.25) is 19.2 Å². The molecule has 3 aromatic carbocycles. The van der Waals surface area contributed by atoms with Crippen LogP contribution < -0.4 is 9.64 Å². The minimum Gasteiger partial charge on any atom is -0.497 e. The third-order valence-corrected chi connectivity index (χ3v) is 7.24. The summed E-state index contributed by atoms with van der Waals surface area (Å²) in [6.07, 6.45) is -0.935. The topological polar surface area (TPSA) is 90.0 Å². The maximum Gasteiger partial charge on any atom is 0.241 e. The SMILES string of the molecule is COc1cccc(N2C(=O)[C@H]3[C@@H](C2=O)C2(O[C@H]3c3ccc(C)cc3)C(=O)c3ccccc3C2=O)c1. The van der Waals surface area contributed by atoms with E-state index in [1.165, 1.54) is 7.11 Å². The number of rotatable bonds is 3. The zero-order chi connectivity index (χ0) is 24.5. The van der Waals surface area contributed by atoms with E-state index in [0.717, 1.165) is 10.5 Å². The Morgan fingerprint density at radius 3 is 2.11 bits per heavy atom. The van der Waals surface area contributed by atoms with E-state index in [1.54, 1.807) is 60.7 Å². The second-order valence-corrected chi connectivity index (χ2v) is 9.11. The van der Waals surface area contributed by atoms with Gasteiger partial charge in [-0.15, -0.1) is 0 Å². The van der Waals surface area contributed by atoms with Crippen molar-refractivity contribution < 1.29 is 28.7 Å². The molecule has 0 aromatic heterocycles. The lowest BCUT2D eigenvalue weighted by atomic mass is 9.77. The first-order chi connectivity index (χ1) is 16.9. The fourth-order valence-corrected chi connectivity index (χ4v) is 5.58. The Labute approximate surface area is 201 Å². The van der Waals surface area contributed by atoms with E-state index in [9.17, 15) is 19.2 Å². The number of Topliss-reactive ketones (excluding diaryl/α,β-unsaturated/α-hetero) is 2. The largest absolute Gasteiger partial charge is 0.497 e. The van der Waals surface area contributed by atoms with Crippen molar-refractivity contribution >= 4 is 29.1 Å². The normalized spacial score (nSPS) is 24.3. The molecule has 3 aromatic rings. The molecular formula is C28H21NO6. The van der Waals surface area contributed by atoms with Crippen molar-refractivity contribution in [2.45, 2.75) is 18.6 Å². The van der Waals surface area contributed by atoms with Crippen molar-refractivity contribution in [3.8, 4) is 5.75 Å². The van der Waals surface area contributed by atoms with Crippen LogP contribution in [0.1, 0.15) is 37.9 Å². The van der Waals surface area contributed by atoms with Crippen molar-refractivity contribution in [1.29, 1.82) is 0 Å². The molecular weight excluding hydrogens is 446 g/mol. The molecule has 35 heavy (non-hydrogen) atoms. The number of aryl methyl sites for hydroxylation is 1. The average Bonchev–Trinajstić information content (AvgIpc) is 3.44. The molecule has 6 rings (SSSR count). The Bertz CT molecular complexity index is 1390. The first-order valence-electron chi connectivity index (χ1n) is 11.3. The van der Waals surface area contributed by atoms with Gasteiger partial charge >= 0.3 is 0 Å². The number of amides is 2. The van der Waals surface area contributed by atoms with Crippen LogP contribution in [0.5, 0.6) is 5.75 Å². The summed E-state index contributed by atoms with van der Waals surface area (Å²) in [5.74, 6) is -4.11. The quantitative estimate of drug-likeness (QED) is 0.431. The minimum atomic E-state index is -2.08. The van der Waals surface area contributed by atoms with Crippen LogP contribution in [0, 0.1) is 18.8 Å². The number of methoxy groups -OCH3 is 1. The molecule has 0 unspecified atom stereocenters. The Balaban J connectivity index is 1.54. The van der Waals surface area contributed by atoms with Crippen molar-refractivity contribution in [3.63, 3.8) is 0 Å². The van der Waals surface area contributed by atoms with Crippen molar-refractivity contribution in [1.82, 2.24) is 0 Å². The number of nitrogens with zero attached hydrogens (tertiary/aromatic N) is 1. The molecule has 2 aliphatic heterocycles. The number of hydrogen-bond acceptors (Lipinski definition) is 6. The lowest BCUT2D eigenvalue weighted by molar-refractivity contribution is -0.127. The Hall–Kier alpha value is -4.10. The molecule has 1 spiro atoms. The molecule has 3 atom stereocenters. The van der Waals surface area contributed by atoms with Gasteiger partial charge in [0, 0.05) is 17.2 Å². The number of hydrogen-bond donors (Lipinski definition) is 0. The van der Waals surface area contributed by atoms with Gasteiger partial charge in [0.1, 0.15) is 5.75 Å². The molecule has 0 N–H and O–H groups in total. The van der Waals surface area contributed by atoms with E-state index < -0.39 is 46.9 Å².